The smallest absolute Gasteiger partial charge is 0.119 e. The Morgan fingerprint density at radius 2 is 1.79 bits per heavy atom. The first-order valence-corrected chi connectivity index (χ1v) is 5.04. The standard InChI is InChI=1S/C12H19NO/c1-9-6-10(2)8-12(7-9)14-5-4-11(3)13/h6-8,11H,4-5,13H2,1-3H3. The molecule has 2 nitrogen and oxygen atoms in total. The van der Waals surface area contributed by atoms with Gasteiger partial charge in [0.05, 0.1) is 6.61 Å². The summed E-state index contributed by atoms with van der Waals surface area (Å²) >= 11 is 0. The van der Waals surface area contributed by atoms with Gasteiger partial charge in [-0.25, -0.2) is 0 Å². The quantitative estimate of drug-likeness (QED) is 0.797. The first-order chi connectivity index (χ1) is 6.58. The second kappa shape index (κ2) is 5.01. The summed E-state index contributed by atoms with van der Waals surface area (Å²) in [6.07, 6.45) is 0.896. The lowest BCUT2D eigenvalue weighted by molar-refractivity contribution is 0.300. The van der Waals surface area contributed by atoms with E-state index < -0.39 is 0 Å². The van der Waals surface area contributed by atoms with Crippen LogP contribution in [0, 0.1) is 13.8 Å². The molecule has 0 aliphatic heterocycles. The molecule has 0 bridgehead atoms. The van der Waals surface area contributed by atoms with Crippen LogP contribution in [0.3, 0.4) is 0 Å². The van der Waals surface area contributed by atoms with E-state index in [1.165, 1.54) is 11.1 Å². The maximum atomic E-state index is 5.64. The summed E-state index contributed by atoms with van der Waals surface area (Å²) in [6.45, 7) is 6.84. The van der Waals surface area contributed by atoms with Crippen molar-refractivity contribution >= 4 is 0 Å². The number of rotatable bonds is 4. The fourth-order valence-electron chi connectivity index (χ4n) is 1.38. The van der Waals surface area contributed by atoms with Crippen LogP contribution in [0.25, 0.3) is 0 Å². The second-order valence-corrected chi connectivity index (χ2v) is 3.94. The minimum absolute atomic E-state index is 0.209. The van der Waals surface area contributed by atoms with Crippen LogP contribution >= 0.6 is 0 Å². The molecule has 14 heavy (non-hydrogen) atoms. The van der Waals surface area contributed by atoms with E-state index >= 15 is 0 Å². The van der Waals surface area contributed by atoms with Gasteiger partial charge in [0.2, 0.25) is 0 Å². The van der Waals surface area contributed by atoms with Gasteiger partial charge in [-0.15, -0.1) is 0 Å². The van der Waals surface area contributed by atoms with Crippen LogP contribution in [-0.4, -0.2) is 12.6 Å². The molecule has 1 rings (SSSR count). The first-order valence-electron chi connectivity index (χ1n) is 5.04. The Balaban J connectivity index is 2.50. The van der Waals surface area contributed by atoms with Crippen LogP contribution in [0.1, 0.15) is 24.5 Å². The summed E-state index contributed by atoms with van der Waals surface area (Å²) in [5.74, 6) is 0.947. The Morgan fingerprint density at radius 1 is 1.21 bits per heavy atom. The van der Waals surface area contributed by atoms with E-state index in [-0.39, 0.29) is 6.04 Å². The molecule has 2 heteroatoms. The summed E-state index contributed by atoms with van der Waals surface area (Å²) in [6, 6.07) is 6.45. The topological polar surface area (TPSA) is 35.2 Å². The van der Waals surface area contributed by atoms with Gasteiger partial charge in [-0.3, -0.25) is 0 Å². The Kier molecular flexibility index (Phi) is 3.96. The molecular weight excluding hydrogens is 174 g/mol. The van der Waals surface area contributed by atoms with Crippen molar-refractivity contribution in [2.45, 2.75) is 33.2 Å². The van der Waals surface area contributed by atoms with Gasteiger partial charge in [-0.05, 0) is 50.5 Å². The van der Waals surface area contributed by atoms with Crippen molar-refractivity contribution in [1.29, 1.82) is 0 Å². The fraction of sp³-hybridized carbons (Fsp3) is 0.500. The minimum atomic E-state index is 0.209. The predicted molar refractivity (Wildman–Crippen MR) is 59.7 cm³/mol. The van der Waals surface area contributed by atoms with Crippen molar-refractivity contribution in [1.82, 2.24) is 0 Å². The highest BCUT2D eigenvalue weighted by molar-refractivity contribution is 5.32. The minimum Gasteiger partial charge on any atom is -0.494 e. The third kappa shape index (κ3) is 3.79. The van der Waals surface area contributed by atoms with E-state index in [1.54, 1.807) is 0 Å². The molecule has 0 heterocycles. The summed E-state index contributed by atoms with van der Waals surface area (Å²) in [7, 11) is 0. The summed E-state index contributed by atoms with van der Waals surface area (Å²) in [5.41, 5.74) is 8.11. The fourth-order valence-corrected chi connectivity index (χ4v) is 1.38. The molecule has 1 aromatic carbocycles. The average molecular weight is 193 g/mol. The molecule has 0 fully saturated rings. The largest absolute Gasteiger partial charge is 0.494 e. The Bertz CT molecular complexity index is 274. The Morgan fingerprint density at radius 3 is 2.29 bits per heavy atom. The van der Waals surface area contributed by atoms with E-state index in [1.807, 2.05) is 19.1 Å². The lowest BCUT2D eigenvalue weighted by Gasteiger charge is -2.09. The van der Waals surface area contributed by atoms with Crippen molar-refractivity contribution in [2.75, 3.05) is 6.61 Å². The lowest BCUT2D eigenvalue weighted by atomic mass is 10.1. The normalized spacial score (nSPS) is 12.6. The molecule has 0 amide bonds. The van der Waals surface area contributed by atoms with Crippen molar-refractivity contribution in [3.05, 3.63) is 29.3 Å². The Labute approximate surface area is 86.1 Å². The number of hydrogen-bond donors (Lipinski definition) is 1. The van der Waals surface area contributed by atoms with Gasteiger partial charge < -0.3 is 10.5 Å². The molecule has 0 radical (unpaired) electrons. The van der Waals surface area contributed by atoms with E-state index in [4.69, 9.17) is 10.5 Å². The lowest BCUT2D eigenvalue weighted by Crippen LogP contribution is -2.18. The molecule has 0 aliphatic rings. The van der Waals surface area contributed by atoms with Gasteiger partial charge in [0.1, 0.15) is 5.75 Å². The molecule has 78 valence electrons. The number of ether oxygens (including phenoxy) is 1. The van der Waals surface area contributed by atoms with Crippen LogP contribution in [-0.2, 0) is 0 Å². The molecule has 0 aromatic heterocycles. The van der Waals surface area contributed by atoms with Crippen LogP contribution in [0.15, 0.2) is 18.2 Å². The summed E-state index contributed by atoms with van der Waals surface area (Å²) in [4.78, 5) is 0. The van der Waals surface area contributed by atoms with E-state index in [2.05, 4.69) is 19.9 Å². The van der Waals surface area contributed by atoms with Gasteiger partial charge in [0.15, 0.2) is 0 Å². The van der Waals surface area contributed by atoms with Gasteiger partial charge in [-0.1, -0.05) is 6.07 Å². The van der Waals surface area contributed by atoms with Crippen LogP contribution in [0.4, 0.5) is 0 Å². The van der Waals surface area contributed by atoms with E-state index in [0.29, 0.717) is 6.61 Å². The predicted octanol–water partition coefficient (Wildman–Crippen LogP) is 2.42. The van der Waals surface area contributed by atoms with Crippen LogP contribution in [0.5, 0.6) is 5.75 Å². The number of hydrogen-bond acceptors (Lipinski definition) is 2. The maximum absolute atomic E-state index is 5.64. The van der Waals surface area contributed by atoms with Crippen molar-refractivity contribution < 1.29 is 4.74 Å². The summed E-state index contributed by atoms with van der Waals surface area (Å²) < 4.78 is 5.60. The van der Waals surface area contributed by atoms with Crippen LogP contribution in [0.2, 0.25) is 0 Å². The zero-order chi connectivity index (χ0) is 10.6. The molecule has 2 N–H and O–H groups in total. The molecular formula is C12H19NO. The summed E-state index contributed by atoms with van der Waals surface area (Å²) in [5, 5.41) is 0. The van der Waals surface area contributed by atoms with E-state index in [0.717, 1.165) is 12.2 Å². The van der Waals surface area contributed by atoms with Gasteiger partial charge in [-0.2, -0.15) is 0 Å². The first kappa shape index (κ1) is 11.1. The van der Waals surface area contributed by atoms with Crippen molar-refractivity contribution in [3.63, 3.8) is 0 Å². The highest BCUT2D eigenvalue weighted by atomic mass is 16.5. The molecule has 1 unspecified atom stereocenters. The zero-order valence-corrected chi connectivity index (χ0v) is 9.21. The molecule has 1 atom stereocenters. The van der Waals surface area contributed by atoms with Crippen molar-refractivity contribution in [3.8, 4) is 5.75 Å². The van der Waals surface area contributed by atoms with Gasteiger partial charge in [0.25, 0.3) is 0 Å². The molecule has 0 spiro atoms. The third-order valence-electron chi connectivity index (χ3n) is 2.04. The SMILES string of the molecule is Cc1cc(C)cc(OCCC(C)N)c1. The third-order valence-corrected chi connectivity index (χ3v) is 2.04. The van der Waals surface area contributed by atoms with Crippen LogP contribution < -0.4 is 10.5 Å². The van der Waals surface area contributed by atoms with Gasteiger partial charge in [0, 0.05) is 6.04 Å². The second-order valence-electron chi connectivity index (χ2n) is 3.94. The maximum Gasteiger partial charge on any atom is 0.119 e. The highest BCUT2D eigenvalue weighted by Crippen LogP contribution is 2.16. The average Bonchev–Trinajstić information content (AvgIpc) is 2.01. The molecule has 0 aliphatic carbocycles. The number of nitrogens with two attached hydrogens (primary N) is 1. The monoisotopic (exact) mass is 193 g/mol. The molecule has 0 saturated carbocycles. The molecule has 1 aromatic rings. The Hall–Kier alpha value is -1.02. The van der Waals surface area contributed by atoms with E-state index in [9.17, 15) is 0 Å². The highest BCUT2D eigenvalue weighted by Gasteiger charge is 1.98. The number of aryl methyl sites for hydroxylation is 2. The van der Waals surface area contributed by atoms with Crippen molar-refractivity contribution in [2.24, 2.45) is 5.73 Å². The van der Waals surface area contributed by atoms with Gasteiger partial charge >= 0.3 is 0 Å². The zero-order valence-electron chi connectivity index (χ0n) is 9.21. The molecule has 0 saturated heterocycles. The number of benzene rings is 1.